The molecule has 1 heterocycles. The van der Waals surface area contributed by atoms with Gasteiger partial charge in [0.1, 0.15) is 0 Å². The minimum Gasteiger partial charge on any atom is -0.368 e. The monoisotopic (exact) mass is 294 g/mol. The van der Waals surface area contributed by atoms with Crippen molar-refractivity contribution in [2.75, 3.05) is 18.0 Å². The molecule has 0 spiro atoms. The van der Waals surface area contributed by atoms with E-state index in [9.17, 15) is 21.6 Å². The highest BCUT2D eigenvalue weighted by Crippen LogP contribution is 2.32. The maximum absolute atomic E-state index is 12.3. The van der Waals surface area contributed by atoms with Crippen molar-refractivity contribution in [3.63, 3.8) is 0 Å². The van der Waals surface area contributed by atoms with Crippen LogP contribution in [0.2, 0.25) is 0 Å². The van der Waals surface area contributed by atoms with Crippen molar-refractivity contribution in [1.82, 2.24) is 0 Å². The van der Waals surface area contributed by atoms with E-state index in [0.717, 1.165) is 12.1 Å². The molecular formula is C11H13F3N2O2S. The lowest BCUT2D eigenvalue weighted by atomic mass is 9.93. The van der Waals surface area contributed by atoms with Crippen LogP contribution in [0, 0.1) is 0 Å². The number of halogens is 3. The molecule has 1 fully saturated rings. The smallest absolute Gasteiger partial charge is 0.368 e. The summed E-state index contributed by atoms with van der Waals surface area (Å²) in [5.74, 6) is 0. The Morgan fingerprint density at radius 2 is 1.68 bits per heavy atom. The molecule has 1 aromatic carbocycles. The zero-order chi connectivity index (χ0) is 14.5. The zero-order valence-corrected chi connectivity index (χ0v) is 10.9. The van der Waals surface area contributed by atoms with Gasteiger partial charge in [-0.25, -0.2) is 8.42 Å². The highest BCUT2D eigenvalue weighted by molar-refractivity contribution is 7.92. The van der Waals surface area contributed by atoms with E-state index < -0.39 is 20.2 Å². The van der Waals surface area contributed by atoms with Crippen molar-refractivity contribution in [3.05, 3.63) is 24.3 Å². The SMILES string of the molecule is CC1(N)CN(c2ccc(S(=O)(=O)C(F)(F)F)cc2)C1. The third-order valence-electron chi connectivity index (χ3n) is 2.92. The first kappa shape index (κ1) is 14.1. The summed E-state index contributed by atoms with van der Waals surface area (Å²) in [7, 11) is -5.27. The summed E-state index contributed by atoms with van der Waals surface area (Å²) < 4.78 is 59.4. The number of alkyl halides is 3. The van der Waals surface area contributed by atoms with Gasteiger partial charge in [0, 0.05) is 24.3 Å². The van der Waals surface area contributed by atoms with Crippen LogP contribution in [-0.4, -0.2) is 32.6 Å². The highest BCUT2D eigenvalue weighted by atomic mass is 32.2. The summed E-state index contributed by atoms with van der Waals surface area (Å²) in [6.07, 6.45) is 0. The van der Waals surface area contributed by atoms with Gasteiger partial charge in [0.05, 0.1) is 4.90 Å². The molecular weight excluding hydrogens is 281 g/mol. The van der Waals surface area contributed by atoms with Crippen LogP contribution in [0.1, 0.15) is 6.92 Å². The summed E-state index contributed by atoms with van der Waals surface area (Å²) in [5.41, 5.74) is 0.890. The number of benzene rings is 1. The van der Waals surface area contributed by atoms with Crippen LogP contribution in [0.25, 0.3) is 0 Å². The van der Waals surface area contributed by atoms with Crippen LogP contribution < -0.4 is 10.6 Å². The molecule has 1 aliphatic rings. The van der Waals surface area contributed by atoms with Crippen LogP contribution in [0.4, 0.5) is 18.9 Å². The molecule has 0 aliphatic carbocycles. The number of nitrogens with zero attached hydrogens (tertiary/aromatic N) is 1. The van der Waals surface area contributed by atoms with Gasteiger partial charge in [0.2, 0.25) is 0 Å². The molecule has 0 radical (unpaired) electrons. The van der Waals surface area contributed by atoms with Crippen molar-refractivity contribution in [1.29, 1.82) is 0 Å². The highest BCUT2D eigenvalue weighted by Gasteiger charge is 2.46. The van der Waals surface area contributed by atoms with Gasteiger partial charge in [-0.05, 0) is 31.2 Å². The van der Waals surface area contributed by atoms with Gasteiger partial charge in [0.25, 0.3) is 9.84 Å². The predicted octanol–water partition coefficient (Wildman–Crippen LogP) is 1.52. The molecule has 0 amide bonds. The van der Waals surface area contributed by atoms with Gasteiger partial charge in [0.15, 0.2) is 0 Å². The van der Waals surface area contributed by atoms with E-state index in [1.54, 1.807) is 0 Å². The maximum atomic E-state index is 12.3. The van der Waals surface area contributed by atoms with E-state index in [1.165, 1.54) is 12.1 Å². The molecule has 1 saturated heterocycles. The summed E-state index contributed by atoms with van der Waals surface area (Å²) >= 11 is 0. The number of nitrogens with two attached hydrogens (primary N) is 1. The molecule has 0 saturated carbocycles. The fourth-order valence-electron chi connectivity index (χ4n) is 1.98. The first-order chi connectivity index (χ1) is 8.53. The molecule has 2 rings (SSSR count). The molecule has 1 aliphatic heterocycles. The van der Waals surface area contributed by atoms with Crippen molar-refractivity contribution in [2.24, 2.45) is 5.73 Å². The minimum atomic E-state index is -5.28. The summed E-state index contributed by atoms with van der Waals surface area (Å²) in [4.78, 5) is 1.11. The van der Waals surface area contributed by atoms with Crippen LogP contribution in [0.3, 0.4) is 0 Å². The lowest BCUT2D eigenvalue weighted by Gasteiger charge is -2.47. The average Bonchev–Trinajstić information content (AvgIpc) is 2.24. The van der Waals surface area contributed by atoms with Gasteiger partial charge < -0.3 is 10.6 Å². The van der Waals surface area contributed by atoms with E-state index in [0.29, 0.717) is 18.8 Å². The van der Waals surface area contributed by atoms with Crippen molar-refractivity contribution >= 4 is 15.5 Å². The van der Waals surface area contributed by atoms with E-state index in [2.05, 4.69) is 0 Å². The second-order valence-electron chi connectivity index (χ2n) is 4.95. The van der Waals surface area contributed by atoms with Gasteiger partial charge in [-0.2, -0.15) is 13.2 Å². The van der Waals surface area contributed by atoms with Crippen molar-refractivity contribution < 1.29 is 21.6 Å². The molecule has 106 valence electrons. The normalized spacial score (nSPS) is 19.1. The van der Waals surface area contributed by atoms with Crippen LogP contribution >= 0.6 is 0 Å². The molecule has 8 heteroatoms. The van der Waals surface area contributed by atoms with Crippen molar-refractivity contribution in [2.45, 2.75) is 22.9 Å². The molecule has 0 unspecified atom stereocenters. The lowest BCUT2D eigenvalue weighted by Crippen LogP contribution is -2.65. The Bertz CT molecular complexity index is 571. The van der Waals surface area contributed by atoms with Gasteiger partial charge in [-0.3, -0.25) is 0 Å². The number of hydrogen-bond acceptors (Lipinski definition) is 4. The topological polar surface area (TPSA) is 63.4 Å². The van der Waals surface area contributed by atoms with Gasteiger partial charge >= 0.3 is 5.51 Å². The third-order valence-corrected chi connectivity index (χ3v) is 4.42. The van der Waals surface area contributed by atoms with Crippen LogP contribution in [-0.2, 0) is 9.84 Å². The van der Waals surface area contributed by atoms with E-state index in [4.69, 9.17) is 5.73 Å². The number of rotatable bonds is 2. The maximum Gasteiger partial charge on any atom is 0.501 e. The number of anilines is 1. The Hall–Kier alpha value is -1.28. The second-order valence-corrected chi connectivity index (χ2v) is 6.89. The first-order valence-electron chi connectivity index (χ1n) is 5.48. The molecule has 0 atom stereocenters. The van der Waals surface area contributed by atoms with E-state index in [1.807, 2.05) is 11.8 Å². The van der Waals surface area contributed by atoms with Crippen LogP contribution in [0.15, 0.2) is 29.2 Å². The fraction of sp³-hybridized carbons (Fsp3) is 0.455. The number of sulfone groups is 1. The standard InChI is InChI=1S/C11H13F3N2O2S/c1-10(15)6-16(7-10)8-2-4-9(5-3-8)19(17,18)11(12,13)14/h2-5H,6-7,15H2,1H3. The average molecular weight is 294 g/mol. The first-order valence-corrected chi connectivity index (χ1v) is 6.96. The molecule has 19 heavy (non-hydrogen) atoms. The Labute approximate surface area is 108 Å². The van der Waals surface area contributed by atoms with E-state index in [-0.39, 0.29) is 5.54 Å². The third kappa shape index (κ3) is 2.55. The Kier molecular flexibility index (Phi) is 3.06. The van der Waals surface area contributed by atoms with E-state index >= 15 is 0 Å². The van der Waals surface area contributed by atoms with Gasteiger partial charge in [-0.1, -0.05) is 0 Å². The fourth-order valence-corrected chi connectivity index (χ4v) is 2.74. The summed E-state index contributed by atoms with van der Waals surface area (Å²) in [6.45, 7) is 3.03. The molecule has 2 N–H and O–H groups in total. The predicted molar refractivity (Wildman–Crippen MR) is 64.5 cm³/mol. The summed E-state index contributed by atoms with van der Waals surface area (Å²) in [5, 5.41) is 0. The Morgan fingerprint density at radius 1 is 1.21 bits per heavy atom. The largest absolute Gasteiger partial charge is 0.501 e. The van der Waals surface area contributed by atoms with Crippen LogP contribution in [0.5, 0.6) is 0 Å². The van der Waals surface area contributed by atoms with Crippen molar-refractivity contribution in [3.8, 4) is 0 Å². The molecule has 0 aromatic heterocycles. The lowest BCUT2D eigenvalue weighted by molar-refractivity contribution is -0.0436. The molecule has 0 bridgehead atoms. The zero-order valence-electron chi connectivity index (χ0n) is 10.1. The second kappa shape index (κ2) is 4.11. The minimum absolute atomic E-state index is 0.309. The van der Waals surface area contributed by atoms with Gasteiger partial charge in [-0.15, -0.1) is 0 Å². The Morgan fingerprint density at radius 3 is 2.05 bits per heavy atom. The quantitative estimate of drug-likeness (QED) is 0.898. The molecule has 1 aromatic rings. The summed E-state index contributed by atoms with van der Waals surface area (Å²) in [6, 6.07) is 4.64. The molecule has 4 nitrogen and oxygen atoms in total. The Balaban J connectivity index is 2.21. The number of hydrogen-bond donors (Lipinski definition) is 1.